The largest absolute Gasteiger partial charge is 0.494 e. The number of carbonyl (C=O) groups excluding carboxylic acids is 1. The smallest absolute Gasteiger partial charge is 0.322 e. The SMILES string of the molecule is C=CCN1C(=O)NC(c2ccc(OCC)cc2)C(c2nc(-c3ccccc3)no2)=C1C. The van der Waals surface area contributed by atoms with Crippen molar-refractivity contribution in [3.8, 4) is 17.1 Å². The van der Waals surface area contributed by atoms with Gasteiger partial charge in [0.1, 0.15) is 5.75 Å². The summed E-state index contributed by atoms with van der Waals surface area (Å²) >= 11 is 0. The lowest BCUT2D eigenvalue weighted by molar-refractivity contribution is 0.209. The lowest BCUT2D eigenvalue weighted by Gasteiger charge is -2.34. The first-order valence-electron chi connectivity index (χ1n) is 10.1. The van der Waals surface area contributed by atoms with Gasteiger partial charge >= 0.3 is 6.03 Å². The molecule has 0 bridgehead atoms. The zero-order valence-electron chi connectivity index (χ0n) is 17.5. The molecule has 1 atom stereocenters. The Morgan fingerprint density at radius 1 is 1.19 bits per heavy atom. The van der Waals surface area contributed by atoms with Crippen molar-refractivity contribution in [3.63, 3.8) is 0 Å². The van der Waals surface area contributed by atoms with Crippen molar-refractivity contribution in [3.05, 3.63) is 84.4 Å². The highest BCUT2D eigenvalue weighted by atomic mass is 16.5. The van der Waals surface area contributed by atoms with Crippen LogP contribution >= 0.6 is 0 Å². The molecule has 0 radical (unpaired) electrons. The summed E-state index contributed by atoms with van der Waals surface area (Å²) in [5.74, 6) is 1.63. The second-order valence-corrected chi connectivity index (χ2v) is 7.07. The molecule has 0 saturated carbocycles. The van der Waals surface area contributed by atoms with E-state index < -0.39 is 6.04 Å². The second kappa shape index (κ2) is 8.87. The van der Waals surface area contributed by atoms with Crippen LogP contribution in [0.3, 0.4) is 0 Å². The summed E-state index contributed by atoms with van der Waals surface area (Å²) in [6.07, 6.45) is 1.68. The maximum absolute atomic E-state index is 12.8. The first-order valence-corrected chi connectivity index (χ1v) is 10.1. The minimum absolute atomic E-state index is 0.206. The molecule has 0 aliphatic carbocycles. The third-order valence-corrected chi connectivity index (χ3v) is 5.12. The van der Waals surface area contributed by atoms with Gasteiger partial charge in [0.15, 0.2) is 0 Å². The first kappa shape index (κ1) is 20.4. The Kier molecular flexibility index (Phi) is 5.84. The van der Waals surface area contributed by atoms with E-state index in [1.165, 1.54) is 0 Å². The fraction of sp³-hybridized carbons (Fsp3) is 0.208. The molecule has 7 heteroatoms. The molecule has 0 fully saturated rings. The van der Waals surface area contributed by atoms with Crippen molar-refractivity contribution >= 4 is 11.6 Å². The summed E-state index contributed by atoms with van der Waals surface area (Å²) in [7, 11) is 0. The molecule has 158 valence electrons. The summed E-state index contributed by atoms with van der Waals surface area (Å²) in [6, 6.07) is 16.6. The third-order valence-electron chi connectivity index (χ3n) is 5.12. The van der Waals surface area contributed by atoms with Crippen LogP contribution in [-0.4, -0.2) is 34.2 Å². The molecule has 4 rings (SSSR count). The van der Waals surface area contributed by atoms with Crippen molar-refractivity contribution in [1.82, 2.24) is 20.4 Å². The minimum atomic E-state index is -0.437. The van der Waals surface area contributed by atoms with Crippen LogP contribution in [0.1, 0.15) is 31.3 Å². The number of rotatable bonds is 7. The molecule has 2 aromatic carbocycles. The molecule has 0 saturated heterocycles. The Balaban J connectivity index is 1.78. The Morgan fingerprint density at radius 2 is 1.94 bits per heavy atom. The van der Waals surface area contributed by atoms with E-state index in [9.17, 15) is 4.79 Å². The number of allylic oxidation sites excluding steroid dienone is 1. The number of nitrogens with zero attached hydrogens (tertiary/aromatic N) is 3. The summed E-state index contributed by atoms with van der Waals surface area (Å²) in [4.78, 5) is 19.0. The Hall–Kier alpha value is -3.87. The molecule has 7 nitrogen and oxygen atoms in total. The molecule has 2 heterocycles. The monoisotopic (exact) mass is 416 g/mol. The average Bonchev–Trinajstić information content (AvgIpc) is 3.27. The molecular weight excluding hydrogens is 392 g/mol. The molecule has 1 aliphatic rings. The van der Waals surface area contributed by atoms with E-state index in [1.807, 2.05) is 68.4 Å². The number of ether oxygens (including phenoxy) is 1. The Labute approximate surface area is 181 Å². The molecule has 1 aromatic heterocycles. The highest BCUT2D eigenvalue weighted by Gasteiger charge is 2.35. The normalized spacial score (nSPS) is 16.3. The topological polar surface area (TPSA) is 80.5 Å². The standard InChI is InChI=1S/C24H24N4O3/c1-4-15-28-16(3)20(23-26-22(27-31-23)18-9-7-6-8-10-18)21(25-24(28)29)17-11-13-19(14-12-17)30-5-2/h4,6-14,21H,1,5,15H2,2-3H3,(H,25,29). The van der Waals surface area contributed by atoms with Gasteiger partial charge in [-0.25, -0.2) is 4.79 Å². The molecule has 3 aromatic rings. The van der Waals surface area contributed by atoms with Crippen LogP contribution < -0.4 is 10.1 Å². The quantitative estimate of drug-likeness (QED) is 0.559. The van der Waals surface area contributed by atoms with Crippen LogP contribution in [0.4, 0.5) is 4.79 Å². The maximum Gasteiger partial charge on any atom is 0.322 e. The third kappa shape index (κ3) is 4.07. The number of nitrogens with one attached hydrogen (secondary N) is 1. The number of hydrogen-bond acceptors (Lipinski definition) is 5. The van der Waals surface area contributed by atoms with Gasteiger partial charge in [-0.2, -0.15) is 4.98 Å². The zero-order chi connectivity index (χ0) is 21.8. The summed E-state index contributed by atoms with van der Waals surface area (Å²) in [5.41, 5.74) is 3.24. The van der Waals surface area contributed by atoms with E-state index >= 15 is 0 Å². The van der Waals surface area contributed by atoms with Crippen molar-refractivity contribution in [2.45, 2.75) is 19.9 Å². The van der Waals surface area contributed by atoms with Crippen LogP contribution in [0.5, 0.6) is 5.75 Å². The second-order valence-electron chi connectivity index (χ2n) is 7.07. The van der Waals surface area contributed by atoms with Crippen LogP contribution in [0, 0.1) is 0 Å². The number of amides is 2. The molecule has 1 unspecified atom stereocenters. The number of hydrogen-bond donors (Lipinski definition) is 1. The summed E-state index contributed by atoms with van der Waals surface area (Å²) in [5, 5.41) is 7.22. The number of carbonyl (C=O) groups is 1. The molecule has 31 heavy (non-hydrogen) atoms. The van der Waals surface area contributed by atoms with Gasteiger partial charge in [0.2, 0.25) is 5.82 Å². The van der Waals surface area contributed by atoms with E-state index in [1.54, 1.807) is 11.0 Å². The summed E-state index contributed by atoms with van der Waals surface area (Å²) in [6.45, 7) is 8.54. The fourth-order valence-corrected chi connectivity index (χ4v) is 3.62. The van der Waals surface area contributed by atoms with Crippen LogP contribution in [0.15, 0.2) is 77.5 Å². The van der Waals surface area contributed by atoms with Gasteiger partial charge in [0.05, 0.1) is 18.2 Å². The number of urea groups is 1. The lowest BCUT2D eigenvalue weighted by atomic mass is 9.94. The van der Waals surface area contributed by atoms with E-state index in [0.29, 0.717) is 24.9 Å². The first-order chi connectivity index (χ1) is 15.1. The lowest BCUT2D eigenvalue weighted by Crippen LogP contribution is -2.46. The van der Waals surface area contributed by atoms with Crippen LogP contribution in [0.2, 0.25) is 0 Å². The van der Waals surface area contributed by atoms with E-state index in [2.05, 4.69) is 22.0 Å². The van der Waals surface area contributed by atoms with Gasteiger partial charge in [0, 0.05) is 17.8 Å². The van der Waals surface area contributed by atoms with Crippen LogP contribution in [-0.2, 0) is 0 Å². The maximum atomic E-state index is 12.8. The zero-order valence-corrected chi connectivity index (χ0v) is 17.5. The van der Waals surface area contributed by atoms with Crippen molar-refractivity contribution in [2.24, 2.45) is 0 Å². The fourth-order valence-electron chi connectivity index (χ4n) is 3.62. The molecule has 2 amide bonds. The molecule has 1 aliphatic heterocycles. The molecule has 0 spiro atoms. The number of aromatic nitrogens is 2. The van der Waals surface area contributed by atoms with Gasteiger partial charge in [-0.05, 0) is 31.5 Å². The predicted octanol–water partition coefficient (Wildman–Crippen LogP) is 4.82. The highest BCUT2D eigenvalue weighted by Crippen LogP contribution is 2.37. The predicted molar refractivity (Wildman–Crippen MR) is 118 cm³/mol. The van der Waals surface area contributed by atoms with Crippen molar-refractivity contribution in [1.29, 1.82) is 0 Å². The van der Waals surface area contributed by atoms with Gasteiger partial charge in [-0.1, -0.05) is 53.7 Å². The van der Waals surface area contributed by atoms with E-state index in [-0.39, 0.29) is 6.03 Å². The van der Waals surface area contributed by atoms with Gasteiger partial charge in [-0.3, -0.25) is 4.90 Å². The van der Waals surface area contributed by atoms with Crippen molar-refractivity contribution < 1.29 is 14.1 Å². The van der Waals surface area contributed by atoms with E-state index in [0.717, 1.165) is 28.1 Å². The van der Waals surface area contributed by atoms with E-state index in [4.69, 9.17) is 9.26 Å². The van der Waals surface area contributed by atoms with Gasteiger partial charge in [0.25, 0.3) is 5.89 Å². The van der Waals surface area contributed by atoms with Gasteiger partial charge < -0.3 is 14.6 Å². The minimum Gasteiger partial charge on any atom is -0.494 e. The Morgan fingerprint density at radius 3 is 2.61 bits per heavy atom. The number of benzene rings is 2. The van der Waals surface area contributed by atoms with Crippen molar-refractivity contribution in [2.75, 3.05) is 13.2 Å². The van der Waals surface area contributed by atoms with Crippen LogP contribution in [0.25, 0.3) is 17.0 Å². The Bertz CT molecular complexity index is 1100. The average molecular weight is 416 g/mol. The van der Waals surface area contributed by atoms with Gasteiger partial charge in [-0.15, -0.1) is 6.58 Å². The highest BCUT2D eigenvalue weighted by molar-refractivity contribution is 5.87. The molecular formula is C24H24N4O3. The summed E-state index contributed by atoms with van der Waals surface area (Å²) < 4.78 is 11.2. The molecule has 1 N–H and O–H groups in total.